The van der Waals surface area contributed by atoms with E-state index >= 15 is 0 Å². The van der Waals surface area contributed by atoms with E-state index in [1.165, 1.54) is 12.8 Å². The van der Waals surface area contributed by atoms with Crippen LogP contribution < -0.4 is 0 Å². The maximum absolute atomic E-state index is 4.38. The first-order chi connectivity index (χ1) is 6.49. The summed E-state index contributed by atoms with van der Waals surface area (Å²) >= 11 is 2.22. The van der Waals surface area contributed by atoms with Crippen molar-refractivity contribution in [3.8, 4) is 0 Å². The molecule has 0 aliphatic carbocycles. The predicted molar refractivity (Wildman–Crippen MR) is 73.3 cm³/mol. The molecule has 1 atom stereocenters. The number of nitrogens with zero attached hydrogens (tertiary/aromatic N) is 1. The molecule has 0 N–H and O–H groups in total. The van der Waals surface area contributed by atoms with E-state index in [0.717, 1.165) is 18.2 Å². The Hall–Kier alpha value is 0.237. The lowest BCUT2D eigenvalue weighted by molar-refractivity contribution is 0.750. The first-order valence-corrected chi connectivity index (χ1v) is 10.8. The second-order valence-electron chi connectivity index (χ2n) is 4.55. The average Bonchev–Trinajstić information content (AvgIpc) is 2.08. The molecule has 3 heteroatoms. The monoisotopic (exact) mass is 231 g/mol. The molecule has 0 saturated heterocycles. The lowest BCUT2D eigenvalue weighted by Gasteiger charge is -2.22. The van der Waals surface area contributed by atoms with Crippen molar-refractivity contribution < 1.29 is 0 Å². The summed E-state index contributed by atoms with van der Waals surface area (Å²) in [6.07, 6.45) is 5.64. The zero-order valence-electron chi connectivity index (χ0n) is 10.3. The van der Waals surface area contributed by atoms with Crippen LogP contribution >= 0.6 is 11.2 Å². The second kappa shape index (κ2) is 7.52. The topological polar surface area (TPSA) is 12.4 Å². The van der Waals surface area contributed by atoms with Crippen molar-refractivity contribution in [3.05, 3.63) is 0 Å². The highest BCUT2D eigenvalue weighted by Gasteiger charge is 2.19. The fourth-order valence-electron chi connectivity index (χ4n) is 1.29. The Labute approximate surface area is 94.4 Å². The molecule has 0 aromatic carbocycles. The number of hydrogen-bond acceptors (Lipinski definition) is 2. The van der Waals surface area contributed by atoms with Crippen molar-refractivity contribution in [3.63, 3.8) is 0 Å². The predicted octanol–water partition coefficient (Wildman–Crippen LogP) is 4.20. The summed E-state index contributed by atoms with van der Waals surface area (Å²) in [5.41, 5.74) is 0. The molecule has 1 unspecified atom stereocenters. The van der Waals surface area contributed by atoms with Crippen molar-refractivity contribution in [2.75, 3.05) is 6.54 Å². The van der Waals surface area contributed by atoms with Crippen LogP contribution in [0.15, 0.2) is 4.99 Å². The van der Waals surface area contributed by atoms with Gasteiger partial charge in [-0.1, -0.05) is 33.5 Å². The summed E-state index contributed by atoms with van der Waals surface area (Å²) in [4.78, 5) is 4.38. The van der Waals surface area contributed by atoms with Crippen molar-refractivity contribution in [2.45, 2.75) is 58.0 Å². The molecule has 0 radical (unpaired) electrons. The molecule has 0 bridgehead atoms. The van der Waals surface area contributed by atoms with Crippen LogP contribution in [-0.2, 0) is 0 Å². The number of aliphatic imine (C=N–C) groups is 1. The summed E-state index contributed by atoms with van der Waals surface area (Å²) in [7, 11) is -0.945. The maximum atomic E-state index is 4.38. The molecule has 0 heterocycles. The summed E-state index contributed by atoms with van der Waals surface area (Å²) in [5, 5.41) is 0.829. The highest BCUT2D eigenvalue weighted by Crippen LogP contribution is 2.28. The van der Waals surface area contributed by atoms with E-state index in [1.807, 2.05) is 6.21 Å². The van der Waals surface area contributed by atoms with Crippen molar-refractivity contribution in [2.24, 2.45) is 4.99 Å². The molecule has 14 heavy (non-hydrogen) atoms. The molecule has 0 aromatic heterocycles. The Kier molecular flexibility index (Phi) is 7.65. The minimum Gasteiger partial charge on any atom is -0.298 e. The van der Waals surface area contributed by atoms with Crippen LogP contribution in [0.25, 0.3) is 0 Å². The van der Waals surface area contributed by atoms with E-state index in [-0.39, 0.29) is 0 Å². The second-order valence-corrected chi connectivity index (χ2v) is 14.1. The Balaban J connectivity index is 3.74. The zero-order chi connectivity index (χ0) is 11.0. The molecular formula is C11H25NSSi. The number of hydrogen-bond donors (Lipinski definition) is 0. The van der Waals surface area contributed by atoms with E-state index in [0.29, 0.717) is 0 Å². The van der Waals surface area contributed by atoms with Gasteiger partial charge in [0, 0.05) is 11.8 Å². The van der Waals surface area contributed by atoms with Gasteiger partial charge in [0.25, 0.3) is 0 Å². The molecule has 1 nitrogen and oxygen atoms in total. The van der Waals surface area contributed by atoms with Crippen molar-refractivity contribution in [1.82, 2.24) is 0 Å². The van der Waals surface area contributed by atoms with E-state index in [4.69, 9.17) is 0 Å². The van der Waals surface area contributed by atoms with Gasteiger partial charge in [-0.05, 0) is 25.5 Å². The fourth-order valence-corrected chi connectivity index (χ4v) is 6.53. The molecule has 84 valence electrons. The van der Waals surface area contributed by atoms with Gasteiger partial charge in [-0.2, -0.15) is 11.2 Å². The van der Waals surface area contributed by atoms with Gasteiger partial charge in [-0.3, -0.25) is 4.99 Å². The fraction of sp³-hybridized carbons (Fsp3) is 0.909. The Bertz CT molecular complexity index is 163. The van der Waals surface area contributed by atoms with E-state index in [2.05, 4.69) is 49.7 Å². The van der Waals surface area contributed by atoms with E-state index < -0.39 is 7.22 Å². The lowest BCUT2D eigenvalue weighted by Crippen LogP contribution is -2.20. The lowest BCUT2D eigenvalue weighted by atomic mass is 10.2. The van der Waals surface area contributed by atoms with Gasteiger partial charge in [0.15, 0.2) is 0 Å². The highest BCUT2D eigenvalue weighted by molar-refractivity contribution is 8.29. The SMILES string of the molecule is CCC=NCCC(CC)S[Si](C)(C)C. The van der Waals surface area contributed by atoms with Gasteiger partial charge in [-0.15, -0.1) is 0 Å². The summed E-state index contributed by atoms with van der Waals surface area (Å²) in [5.74, 6) is 0. The van der Waals surface area contributed by atoms with Gasteiger partial charge in [0.1, 0.15) is 7.22 Å². The Morgan fingerprint density at radius 1 is 1.29 bits per heavy atom. The molecule has 0 amide bonds. The van der Waals surface area contributed by atoms with E-state index in [1.54, 1.807) is 0 Å². The van der Waals surface area contributed by atoms with Crippen molar-refractivity contribution >= 4 is 24.6 Å². The molecule has 0 spiro atoms. The largest absolute Gasteiger partial charge is 0.298 e. The Morgan fingerprint density at radius 3 is 2.36 bits per heavy atom. The van der Waals surface area contributed by atoms with Crippen molar-refractivity contribution in [1.29, 1.82) is 0 Å². The first-order valence-electron chi connectivity index (χ1n) is 5.65. The molecule has 0 aliphatic rings. The van der Waals surface area contributed by atoms with Crippen LogP contribution in [0.1, 0.15) is 33.1 Å². The third-order valence-corrected chi connectivity index (χ3v) is 6.60. The maximum Gasteiger partial charge on any atom is 0.108 e. The van der Waals surface area contributed by atoms with E-state index in [9.17, 15) is 0 Å². The van der Waals surface area contributed by atoms with Crippen LogP contribution in [0, 0.1) is 0 Å². The quantitative estimate of drug-likeness (QED) is 0.472. The first kappa shape index (κ1) is 14.2. The molecule has 0 aromatic rings. The van der Waals surface area contributed by atoms with Crippen LogP contribution in [0.3, 0.4) is 0 Å². The minimum atomic E-state index is -0.945. The van der Waals surface area contributed by atoms with Crippen LogP contribution in [0.2, 0.25) is 19.6 Å². The molecule has 0 saturated carbocycles. The van der Waals surface area contributed by atoms with Gasteiger partial charge < -0.3 is 0 Å². The summed E-state index contributed by atoms with van der Waals surface area (Å²) in [6.45, 7) is 12.7. The summed E-state index contributed by atoms with van der Waals surface area (Å²) in [6, 6.07) is 0. The average molecular weight is 231 g/mol. The highest BCUT2D eigenvalue weighted by atomic mass is 32.4. The van der Waals surface area contributed by atoms with Crippen LogP contribution in [-0.4, -0.2) is 25.2 Å². The molecular weight excluding hydrogens is 206 g/mol. The van der Waals surface area contributed by atoms with Gasteiger partial charge >= 0.3 is 0 Å². The smallest absolute Gasteiger partial charge is 0.108 e. The molecule has 0 fully saturated rings. The molecule has 0 aliphatic heterocycles. The number of rotatable bonds is 7. The standard InChI is InChI=1S/C11H25NSSi/c1-6-9-12-10-8-11(7-2)13-14(3,4)5/h9,11H,6-8,10H2,1-5H3. The third kappa shape index (κ3) is 8.82. The van der Waals surface area contributed by atoms with Gasteiger partial charge in [0.2, 0.25) is 0 Å². The third-order valence-electron chi connectivity index (χ3n) is 1.87. The normalized spacial score (nSPS) is 14.9. The minimum absolute atomic E-state index is 0.829. The van der Waals surface area contributed by atoms with Crippen LogP contribution in [0.5, 0.6) is 0 Å². The summed E-state index contributed by atoms with van der Waals surface area (Å²) < 4.78 is 0. The molecule has 0 rings (SSSR count). The zero-order valence-corrected chi connectivity index (χ0v) is 12.2. The van der Waals surface area contributed by atoms with Crippen LogP contribution in [0.4, 0.5) is 0 Å². The van der Waals surface area contributed by atoms with Gasteiger partial charge in [0.05, 0.1) is 0 Å². The van der Waals surface area contributed by atoms with Gasteiger partial charge in [-0.25, -0.2) is 0 Å². The Morgan fingerprint density at radius 2 is 1.93 bits per heavy atom.